The summed E-state index contributed by atoms with van der Waals surface area (Å²) in [5.41, 5.74) is 0.415. The van der Waals surface area contributed by atoms with Gasteiger partial charge in [0, 0.05) is 18.8 Å². The third-order valence-electron chi connectivity index (χ3n) is 4.19. The smallest absolute Gasteiger partial charge is 0.239 e. The number of halogens is 1. The van der Waals surface area contributed by atoms with Crippen LogP contribution >= 0.6 is 0 Å². The van der Waals surface area contributed by atoms with Crippen LogP contribution in [-0.4, -0.2) is 54.3 Å². The minimum atomic E-state index is -0.398. The maximum atomic E-state index is 13.1. The number of nitrogens with one attached hydrogen (secondary N) is 1. The molecule has 1 N–H and O–H groups in total. The van der Waals surface area contributed by atoms with Crippen LogP contribution in [0.3, 0.4) is 0 Å². The van der Waals surface area contributed by atoms with E-state index in [1.54, 1.807) is 18.0 Å². The monoisotopic (exact) mass is 321 g/mol. The fraction of sp³-hybridized carbons (Fsp3) is 0.529. The van der Waals surface area contributed by atoms with Gasteiger partial charge in [-0.25, -0.2) is 4.39 Å². The van der Waals surface area contributed by atoms with Gasteiger partial charge in [0.1, 0.15) is 5.82 Å². The summed E-state index contributed by atoms with van der Waals surface area (Å²) in [7, 11) is 1.75. The Morgan fingerprint density at radius 3 is 2.65 bits per heavy atom. The lowest BCUT2D eigenvalue weighted by atomic mass is 10.1. The molecule has 1 atom stereocenters. The van der Waals surface area contributed by atoms with Crippen molar-refractivity contribution in [3.63, 3.8) is 0 Å². The van der Waals surface area contributed by atoms with Crippen LogP contribution in [0.1, 0.15) is 26.2 Å². The molecule has 0 aromatic heterocycles. The molecule has 5 nitrogen and oxygen atoms in total. The Hall–Kier alpha value is -1.95. The summed E-state index contributed by atoms with van der Waals surface area (Å²) in [6.45, 7) is 3.49. The first-order valence-electron chi connectivity index (χ1n) is 8.02. The molecule has 2 rings (SSSR count). The van der Waals surface area contributed by atoms with Crippen molar-refractivity contribution in [3.8, 4) is 0 Å². The van der Waals surface area contributed by atoms with E-state index in [1.165, 1.54) is 24.6 Å². The number of hydrogen-bond donors (Lipinski definition) is 1. The van der Waals surface area contributed by atoms with Gasteiger partial charge >= 0.3 is 0 Å². The Morgan fingerprint density at radius 1 is 1.30 bits per heavy atom. The highest BCUT2D eigenvalue weighted by Gasteiger charge is 2.25. The molecule has 0 radical (unpaired) electrons. The molecule has 1 fully saturated rings. The molecule has 23 heavy (non-hydrogen) atoms. The molecule has 1 aromatic carbocycles. The summed E-state index contributed by atoms with van der Waals surface area (Å²) in [5, 5.41) is 2.64. The highest BCUT2D eigenvalue weighted by molar-refractivity contribution is 5.92. The maximum Gasteiger partial charge on any atom is 0.239 e. The van der Waals surface area contributed by atoms with Crippen molar-refractivity contribution in [1.82, 2.24) is 9.80 Å². The summed E-state index contributed by atoms with van der Waals surface area (Å²) in [6.07, 6.45) is 3.26. The lowest BCUT2D eigenvalue weighted by Crippen LogP contribution is -2.49. The van der Waals surface area contributed by atoms with Crippen molar-refractivity contribution in [1.29, 1.82) is 0 Å². The zero-order chi connectivity index (χ0) is 16.8. The van der Waals surface area contributed by atoms with Gasteiger partial charge in [-0.3, -0.25) is 14.5 Å². The van der Waals surface area contributed by atoms with Gasteiger partial charge in [0.05, 0.1) is 12.6 Å². The number of amides is 2. The molecule has 1 aliphatic heterocycles. The summed E-state index contributed by atoms with van der Waals surface area (Å²) in [4.78, 5) is 28.0. The van der Waals surface area contributed by atoms with E-state index >= 15 is 0 Å². The van der Waals surface area contributed by atoms with E-state index in [4.69, 9.17) is 0 Å². The van der Waals surface area contributed by atoms with Gasteiger partial charge in [-0.05, 0) is 51.4 Å². The number of carbonyl (C=O) groups excluding carboxylic acids is 2. The summed E-state index contributed by atoms with van der Waals surface area (Å²) < 4.78 is 13.1. The van der Waals surface area contributed by atoms with Crippen LogP contribution in [0.2, 0.25) is 0 Å². The van der Waals surface area contributed by atoms with E-state index in [0.29, 0.717) is 5.69 Å². The number of benzene rings is 1. The van der Waals surface area contributed by atoms with Crippen molar-refractivity contribution in [3.05, 3.63) is 30.1 Å². The Morgan fingerprint density at radius 2 is 2.00 bits per heavy atom. The van der Waals surface area contributed by atoms with Crippen LogP contribution in [0, 0.1) is 5.82 Å². The van der Waals surface area contributed by atoms with Gasteiger partial charge in [-0.1, -0.05) is 6.07 Å². The highest BCUT2D eigenvalue weighted by atomic mass is 19.1. The first-order chi connectivity index (χ1) is 11.0. The van der Waals surface area contributed by atoms with Gasteiger partial charge in [0.2, 0.25) is 11.8 Å². The van der Waals surface area contributed by atoms with Crippen molar-refractivity contribution >= 4 is 17.5 Å². The van der Waals surface area contributed by atoms with Crippen molar-refractivity contribution < 1.29 is 14.0 Å². The number of rotatable bonds is 5. The van der Waals surface area contributed by atoms with Crippen molar-refractivity contribution in [2.75, 3.05) is 32.0 Å². The Balaban J connectivity index is 1.85. The average molecular weight is 321 g/mol. The van der Waals surface area contributed by atoms with Gasteiger partial charge in [-0.2, -0.15) is 0 Å². The van der Waals surface area contributed by atoms with Crippen LogP contribution in [0.15, 0.2) is 24.3 Å². The predicted molar refractivity (Wildman–Crippen MR) is 87.6 cm³/mol. The van der Waals surface area contributed by atoms with Crippen LogP contribution in [-0.2, 0) is 9.59 Å². The van der Waals surface area contributed by atoms with Crippen LogP contribution in [0.25, 0.3) is 0 Å². The molecule has 6 heteroatoms. The minimum Gasteiger partial charge on any atom is -0.341 e. The fourth-order valence-corrected chi connectivity index (χ4v) is 2.70. The Labute approximate surface area is 136 Å². The Kier molecular flexibility index (Phi) is 6.10. The summed E-state index contributed by atoms with van der Waals surface area (Å²) >= 11 is 0. The molecule has 1 saturated heterocycles. The molecule has 1 aromatic rings. The van der Waals surface area contributed by atoms with E-state index in [-0.39, 0.29) is 24.4 Å². The normalized spacial score (nSPS) is 16.3. The largest absolute Gasteiger partial charge is 0.341 e. The maximum absolute atomic E-state index is 13.1. The average Bonchev–Trinajstić information content (AvgIpc) is 2.54. The quantitative estimate of drug-likeness (QED) is 0.903. The van der Waals surface area contributed by atoms with Crippen LogP contribution in [0.5, 0.6) is 0 Å². The summed E-state index contributed by atoms with van der Waals surface area (Å²) in [6, 6.07) is 5.40. The molecule has 0 unspecified atom stereocenters. The van der Waals surface area contributed by atoms with E-state index in [2.05, 4.69) is 5.32 Å². The molecular weight excluding hydrogens is 297 g/mol. The zero-order valence-electron chi connectivity index (χ0n) is 13.7. The van der Waals surface area contributed by atoms with Crippen LogP contribution in [0.4, 0.5) is 10.1 Å². The van der Waals surface area contributed by atoms with E-state index in [9.17, 15) is 14.0 Å². The van der Waals surface area contributed by atoms with Gasteiger partial charge in [0.25, 0.3) is 0 Å². The molecule has 0 spiro atoms. The van der Waals surface area contributed by atoms with E-state index in [0.717, 1.165) is 25.9 Å². The number of likely N-dealkylation sites (N-methyl/N-ethyl adjacent to an activating group) is 1. The number of hydrogen-bond acceptors (Lipinski definition) is 3. The standard InChI is InChI=1S/C17H24FN3O2/c1-13(17(23)21-9-4-3-5-10-21)20(2)12-16(22)19-15-8-6-7-14(18)11-15/h6-8,11,13H,3-5,9-10,12H2,1-2H3,(H,19,22)/t13-/m1/s1. The SMILES string of the molecule is C[C@H](C(=O)N1CCCCC1)N(C)CC(=O)Nc1cccc(F)c1. The van der Waals surface area contributed by atoms with Gasteiger partial charge in [0.15, 0.2) is 0 Å². The lowest BCUT2D eigenvalue weighted by Gasteiger charge is -2.32. The van der Waals surface area contributed by atoms with Gasteiger partial charge in [-0.15, -0.1) is 0 Å². The molecule has 0 saturated carbocycles. The molecule has 126 valence electrons. The third-order valence-corrected chi connectivity index (χ3v) is 4.19. The zero-order valence-corrected chi connectivity index (χ0v) is 13.7. The van der Waals surface area contributed by atoms with Crippen molar-refractivity contribution in [2.45, 2.75) is 32.2 Å². The number of anilines is 1. The highest BCUT2D eigenvalue weighted by Crippen LogP contribution is 2.12. The third kappa shape index (κ3) is 5.03. The topological polar surface area (TPSA) is 52.7 Å². The first kappa shape index (κ1) is 17.4. The number of piperidine rings is 1. The summed E-state index contributed by atoms with van der Waals surface area (Å²) in [5.74, 6) is -0.605. The molecular formula is C17H24FN3O2. The predicted octanol–water partition coefficient (Wildman–Crippen LogP) is 2.10. The molecule has 2 amide bonds. The molecule has 1 heterocycles. The Bertz CT molecular complexity index is 559. The van der Waals surface area contributed by atoms with E-state index in [1.807, 2.05) is 11.8 Å². The number of likely N-dealkylation sites (tertiary alicyclic amines) is 1. The molecule has 1 aliphatic rings. The number of nitrogens with zero attached hydrogens (tertiary/aromatic N) is 2. The fourth-order valence-electron chi connectivity index (χ4n) is 2.70. The van der Waals surface area contributed by atoms with Crippen molar-refractivity contribution in [2.24, 2.45) is 0 Å². The van der Waals surface area contributed by atoms with Crippen LogP contribution < -0.4 is 5.32 Å². The second-order valence-corrected chi connectivity index (χ2v) is 6.04. The second kappa shape index (κ2) is 8.06. The molecule has 0 aliphatic carbocycles. The lowest BCUT2D eigenvalue weighted by molar-refractivity contribution is -0.137. The molecule has 0 bridgehead atoms. The number of carbonyl (C=O) groups is 2. The van der Waals surface area contributed by atoms with Gasteiger partial charge < -0.3 is 10.2 Å². The minimum absolute atomic E-state index is 0.0609. The second-order valence-electron chi connectivity index (χ2n) is 6.04. The van der Waals surface area contributed by atoms with E-state index < -0.39 is 5.82 Å². The first-order valence-corrected chi connectivity index (χ1v) is 8.02.